The van der Waals surface area contributed by atoms with Crippen molar-refractivity contribution < 1.29 is 9.47 Å². The summed E-state index contributed by atoms with van der Waals surface area (Å²) in [5, 5.41) is 0. The molecular weight excluding hydrogens is 220 g/mol. The second-order valence-electron chi connectivity index (χ2n) is 4.07. The fourth-order valence-electron chi connectivity index (χ4n) is 2.07. The van der Waals surface area contributed by atoms with Crippen LogP contribution in [0.2, 0.25) is 0 Å². The molecule has 1 fully saturated rings. The van der Waals surface area contributed by atoms with Gasteiger partial charge in [-0.05, 0) is 12.8 Å². The van der Waals surface area contributed by atoms with Crippen molar-refractivity contribution in [2.75, 3.05) is 38.0 Å². The van der Waals surface area contributed by atoms with Crippen LogP contribution in [0.4, 0.5) is 11.6 Å². The van der Waals surface area contributed by atoms with E-state index in [1.165, 1.54) is 6.33 Å². The van der Waals surface area contributed by atoms with Crippen LogP contribution in [0.15, 0.2) is 6.33 Å². The molecule has 0 saturated carbocycles. The number of hydrogen-bond acceptors (Lipinski definition) is 6. The van der Waals surface area contributed by atoms with Crippen LogP contribution in [0.25, 0.3) is 0 Å². The molecule has 2 N–H and O–H groups in total. The van der Waals surface area contributed by atoms with Gasteiger partial charge in [-0.1, -0.05) is 0 Å². The maximum Gasteiger partial charge on any atom is 0.204 e. The highest BCUT2D eigenvalue weighted by atomic mass is 16.5. The molecule has 1 aliphatic rings. The second-order valence-corrected chi connectivity index (χ2v) is 4.07. The first-order valence-electron chi connectivity index (χ1n) is 5.69. The van der Waals surface area contributed by atoms with Gasteiger partial charge in [0.15, 0.2) is 11.6 Å². The lowest BCUT2D eigenvalue weighted by Crippen LogP contribution is -2.37. The number of hydrogen-bond donors (Lipinski definition) is 1. The van der Waals surface area contributed by atoms with Crippen LogP contribution in [0.1, 0.15) is 12.8 Å². The van der Waals surface area contributed by atoms with Crippen molar-refractivity contribution in [3.8, 4) is 5.75 Å². The third-order valence-corrected chi connectivity index (χ3v) is 3.09. The Morgan fingerprint density at radius 1 is 1.41 bits per heavy atom. The number of nitrogens with zero attached hydrogens (tertiary/aromatic N) is 3. The summed E-state index contributed by atoms with van der Waals surface area (Å²) in [6.07, 6.45) is 3.44. The van der Waals surface area contributed by atoms with Gasteiger partial charge in [0.05, 0.1) is 7.11 Å². The summed E-state index contributed by atoms with van der Waals surface area (Å²) in [5.74, 6) is 1.66. The van der Waals surface area contributed by atoms with Gasteiger partial charge in [-0.2, -0.15) is 0 Å². The Bertz CT molecular complexity index is 380. The van der Waals surface area contributed by atoms with E-state index in [2.05, 4.69) is 14.9 Å². The highest BCUT2D eigenvalue weighted by Gasteiger charge is 2.23. The predicted octanol–water partition coefficient (Wildman–Crippen LogP) is 0.683. The van der Waals surface area contributed by atoms with Crippen molar-refractivity contribution in [2.24, 2.45) is 0 Å². The lowest BCUT2D eigenvalue weighted by atomic mass is 10.1. The monoisotopic (exact) mass is 238 g/mol. The van der Waals surface area contributed by atoms with Gasteiger partial charge >= 0.3 is 0 Å². The zero-order valence-electron chi connectivity index (χ0n) is 10.2. The molecule has 0 bridgehead atoms. The molecule has 0 atom stereocenters. The molecule has 94 valence electrons. The Morgan fingerprint density at radius 3 is 2.76 bits per heavy atom. The third kappa shape index (κ3) is 2.41. The second kappa shape index (κ2) is 5.18. The van der Waals surface area contributed by atoms with Crippen LogP contribution in [0.3, 0.4) is 0 Å². The summed E-state index contributed by atoms with van der Waals surface area (Å²) < 4.78 is 10.6. The number of aromatic nitrogens is 2. The fraction of sp³-hybridized carbons (Fsp3) is 0.636. The van der Waals surface area contributed by atoms with Crippen LogP contribution in [-0.2, 0) is 4.74 Å². The maximum atomic E-state index is 5.77. The van der Waals surface area contributed by atoms with E-state index in [1.54, 1.807) is 7.11 Å². The van der Waals surface area contributed by atoms with Crippen LogP contribution in [0, 0.1) is 0 Å². The van der Waals surface area contributed by atoms with E-state index in [0.717, 1.165) is 31.9 Å². The molecule has 0 unspecified atom stereocenters. The van der Waals surface area contributed by atoms with E-state index in [4.69, 9.17) is 15.2 Å². The zero-order chi connectivity index (χ0) is 12.3. The molecule has 2 heterocycles. The molecular formula is C11H18N4O2. The summed E-state index contributed by atoms with van der Waals surface area (Å²) in [7, 11) is 3.58. The summed E-state index contributed by atoms with van der Waals surface area (Å²) in [5.41, 5.74) is 5.77. The van der Waals surface area contributed by atoms with Crippen molar-refractivity contribution in [3.63, 3.8) is 0 Å². The first-order chi connectivity index (χ1) is 8.24. The minimum absolute atomic E-state index is 0.372. The topological polar surface area (TPSA) is 73.5 Å². The van der Waals surface area contributed by atoms with Crippen molar-refractivity contribution >= 4 is 11.6 Å². The standard InChI is InChI=1S/C11H18N4O2/c1-15(8-3-5-17-6-4-8)11-9(16-2)10(12)13-7-14-11/h7-8H,3-6H2,1-2H3,(H2,12,13,14). The van der Waals surface area contributed by atoms with Crippen LogP contribution >= 0.6 is 0 Å². The molecule has 0 radical (unpaired) electrons. The molecule has 1 saturated heterocycles. The maximum absolute atomic E-state index is 5.77. The first kappa shape index (κ1) is 11.9. The average Bonchev–Trinajstić information content (AvgIpc) is 2.38. The Hall–Kier alpha value is -1.56. The van der Waals surface area contributed by atoms with E-state index in [9.17, 15) is 0 Å². The molecule has 1 aromatic heterocycles. The smallest absolute Gasteiger partial charge is 0.204 e. The molecule has 17 heavy (non-hydrogen) atoms. The summed E-state index contributed by atoms with van der Waals surface area (Å²) in [6.45, 7) is 1.58. The highest BCUT2D eigenvalue weighted by Crippen LogP contribution is 2.31. The van der Waals surface area contributed by atoms with E-state index in [-0.39, 0.29) is 0 Å². The van der Waals surface area contributed by atoms with Gasteiger partial charge in [0, 0.05) is 26.3 Å². The summed E-state index contributed by atoms with van der Waals surface area (Å²) in [4.78, 5) is 10.3. The third-order valence-electron chi connectivity index (χ3n) is 3.09. The minimum atomic E-state index is 0.372. The SMILES string of the molecule is COc1c(N)ncnc1N(C)C1CCOCC1. The van der Waals surface area contributed by atoms with E-state index >= 15 is 0 Å². The van der Waals surface area contributed by atoms with Gasteiger partial charge in [0.2, 0.25) is 5.75 Å². The Balaban J connectivity index is 2.23. The fourth-order valence-corrected chi connectivity index (χ4v) is 2.07. The minimum Gasteiger partial charge on any atom is -0.490 e. The van der Waals surface area contributed by atoms with Gasteiger partial charge in [-0.3, -0.25) is 0 Å². The molecule has 6 heteroatoms. The van der Waals surface area contributed by atoms with E-state index in [1.807, 2.05) is 7.05 Å². The van der Waals surface area contributed by atoms with Crippen LogP contribution in [-0.4, -0.2) is 43.4 Å². The Labute approximate surface area is 101 Å². The van der Waals surface area contributed by atoms with E-state index in [0.29, 0.717) is 17.6 Å². The molecule has 1 aliphatic heterocycles. The van der Waals surface area contributed by atoms with Gasteiger partial charge in [0.25, 0.3) is 0 Å². The molecule has 6 nitrogen and oxygen atoms in total. The Kier molecular flexibility index (Phi) is 3.63. The molecule has 0 amide bonds. The van der Waals surface area contributed by atoms with Crippen molar-refractivity contribution in [1.29, 1.82) is 0 Å². The molecule has 2 rings (SSSR count). The lowest BCUT2D eigenvalue weighted by Gasteiger charge is -2.32. The molecule has 0 aromatic carbocycles. The number of rotatable bonds is 3. The molecule has 1 aromatic rings. The average molecular weight is 238 g/mol. The Morgan fingerprint density at radius 2 is 2.12 bits per heavy atom. The van der Waals surface area contributed by atoms with Gasteiger partial charge in [-0.15, -0.1) is 0 Å². The zero-order valence-corrected chi connectivity index (χ0v) is 10.2. The first-order valence-corrected chi connectivity index (χ1v) is 5.69. The largest absolute Gasteiger partial charge is 0.490 e. The van der Waals surface area contributed by atoms with Crippen molar-refractivity contribution in [3.05, 3.63) is 6.33 Å². The quantitative estimate of drug-likeness (QED) is 0.835. The van der Waals surface area contributed by atoms with E-state index < -0.39 is 0 Å². The molecule has 0 aliphatic carbocycles. The molecule has 0 spiro atoms. The van der Waals surface area contributed by atoms with Gasteiger partial charge < -0.3 is 20.1 Å². The summed E-state index contributed by atoms with van der Waals surface area (Å²) in [6, 6.07) is 0.409. The number of methoxy groups -OCH3 is 1. The predicted molar refractivity (Wildman–Crippen MR) is 65.2 cm³/mol. The van der Waals surface area contributed by atoms with Crippen LogP contribution < -0.4 is 15.4 Å². The lowest BCUT2D eigenvalue weighted by molar-refractivity contribution is 0.0852. The number of nitrogen functional groups attached to an aromatic ring is 1. The number of nitrogens with two attached hydrogens (primary N) is 1. The highest BCUT2D eigenvalue weighted by molar-refractivity contribution is 5.62. The normalized spacial score (nSPS) is 16.8. The van der Waals surface area contributed by atoms with Crippen molar-refractivity contribution in [2.45, 2.75) is 18.9 Å². The van der Waals surface area contributed by atoms with Gasteiger partial charge in [0.1, 0.15) is 6.33 Å². The summed E-state index contributed by atoms with van der Waals surface area (Å²) >= 11 is 0. The van der Waals surface area contributed by atoms with Crippen molar-refractivity contribution in [1.82, 2.24) is 9.97 Å². The van der Waals surface area contributed by atoms with Crippen LogP contribution in [0.5, 0.6) is 5.75 Å². The number of anilines is 2. The number of ether oxygens (including phenoxy) is 2. The van der Waals surface area contributed by atoms with Gasteiger partial charge in [-0.25, -0.2) is 9.97 Å².